The van der Waals surface area contributed by atoms with Crippen molar-refractivity contribution in [2.75, 3.05) is 11.9 Å². The molecule has 0 saturated carbocycles. The number of anilines is 1. The number of hydrogen-bond donors (Lipinski definition) is 2. The Hall–Kier alpha value is -1.97. The molecule has 0 aliphatic rings. The van der Waals surface area contributed by atoms with Crippen LogP contribution < -0.4 is 5.32 Å². The molecule has 0 aliphatic carbocycles. The van der Waals surface area contributed by atoms with E-state index >= 15 is 0 Å². The average Bonchev–Trinajstić information content (AvgIpc) is 2.23. The summed E-state index contributed by atoms with van der Waals surface area (Å²) in [5.41, 5.74) is 2.21. The Balaban J connectivity index is 2.77. The SMILES string of the molecule is CCOC(=O)/C=C(\C)Nc1cc(C)ccc1O. The molecule has 0 bridgehead atoms. The van der Waals surface area contributed by atoms with E-state index in [1.807, 2.05) is 13.0 Å². The van der Waals surface area contributed by atoms with Gasteiger partial charge in [0.25, 0.3) is 0 Å². The van der Waals surface area contributed by atoms with Crippen molar-refractivity contribution in [1.29, 1.82) is 0 Å². The Labute approximate surface area is 101 Å². The molecule has 0 heterocycles. The number of phenolic OH excluding ortho intramolecular Hbond substituents is 1. The van der Waals surface area contributed by atoms with Gasteiger partial charge in [-0.15, -0.1) is 0 Å². The molecule has 0 radical (unpaired) electrons. The van der Waals surface area contributed by atoms with E-state index in [1.54, 1.807) is 26.0 Å². The fraction of sp³-hybridized carbons (Fsp3) is 0.308. The number of ether oxygens (including phenoxy) is 1. The summed E-state index contributed by atoms with van der Waals surface area (Å²) in [5.74, 6) is -0.253. The van der Waals surface area contributed by atoms with Crippen LogP contribution in [-0.4, -0.2) is 17.7 Å². The van der Waals surface area contributed by atoms with Crippen LogP contribution in [0.3, 0.4) is 0 Å². The largest absolute Gasteiger partial charge is 0.506 e. The highest BCUT2D eigenvalue weighted by molar-refractivity contribution is 5.83. The Morgan fingerprint density at radius 3 is 2.88 bits per heavy atom. The summed E-state index contributed by atoms with van der Waals surface area (Å²) in [5, 5.41) is 12.6. The number of phenols is 1. The van der Waals surface area contributed by atoms with Gasteiger partial charge >= 0.3 is 5.97 Å². The molecule has 0 aliphatic heterocycles. The third-order valence-electron chi connectivity index (χ3n) is 2.10. The van der Waals surface area contributed by atoms with Crippen molar-refractivity contribution in [3.63, 3.8) is 0 Å². The number of rotatable bonds is 4. The molecule has 0 unspecified atom stereocenters. The summed E-state index contributed by atoms with van der Waals surface area (Å²) in [4.78, 5) is 11.2. The number of nitrogens with one attached hydrogen (secondary N) is 1. The first-order chi connectivity index (χ1) is 8.02. The number of aryl methyl sites for hydroxylation is 1. The Bertz CT molecular complexity index is 438. The van der Waals surface area contributed by atoms with Gasteiger partial charge in [0.05, 0.1) is 12.3 Å². The van der Waals surface area contributed by atoms with Gasteiger partial charge in [0, 0.05) is 11.8 Å². The zero-order chi connectivity index (χ0) is 12.8. The Kier molecular flexibility index (Phi) is 4.57. The molecule has 0 spiro atoms. The van der Waals surface area contributed by atoms with Crippen molar-refractivity contribution in [1.82, 2.24) is 0 Å². The molecule has 17 heavy (non-hydrogen) atoms. The highest BCUT2D eigenvalue weighted by Gasteiger charge is 2.03. The first-order valence-electron chi connectivity index (χ1n) is 5.44. The zero-order valence-electron chi connectivity index (χ0n) is 10.3. The number of allylic oxidation sites excluding steroid dienone is 1. The molecule has 0 fully saturated rings. The minimum absolute atomic E-state index is 0.146. The van der Waals surface area contributed by atoms with E-state index in [-0.39, 0.29) is 5.75 Å². The summed E-state index contributed by atoms with van der Waals surface area (Å²) >= 11 is 0. The standard InChI is InChI=1S/C13H17NO3/c1-4-17-13(16)8-10(3)14-11-7-9(2)5-6-12(11)15/h5-8,14-15H,4H2,1-3H3/b10-8+. The van der Waals surface area contributed by atoms with Crippen molar-refractivity contribution in [2.24, 2.45) is 0 Å². The van der Waals surface area contributed by atoms with Crippen LogP contribution in [0.5, 0.6) is 5.75 Å². The van der Waals surface area contributed by atoms with Crippen molar-refractivity contribution in [3.05, 3.63) is 35.5 Å². The van der Waals surface area contributed by atoms with Gasteiger partial charge in [-0.2, -0.15) is 0 Å². The number of carbonyl (C=O) groups excluding carboxylic acids is 1. The second-order valence-electron chi connectivity index (χ2n) is 3.73. The Morgan fingerprint density at radius 1 is 1.53 bits per heavy atom. The van der Waals surface area contributed by atoms with Crippen LogP contribution in [0.1, 0.15) is 19.4 Å². The van der Waals surface area contributed by atoms with Gasteiger partial charge in [0.2, 0.25) is 0 Å². The molecule has 0 atom stereocenters. The minimum atomic E-state index is -0.398. The number of aromatic hydroxyl groups is 1. The van der Waals surface area contributed by atoms with Gasteiger partial charge in [-0.1, -0.05) is 6.07 Å². The summed E-state index contributed by atoms with van der Waals surface area (Å²) in [6.07, 6.45) is 1.35. The van der Waals surface area contributed by atoms with Crippen LogP contribution in [0.25, 0.3) is 0 Å². The van der Waals surface area contributed by atoms with Gasteiger partial charge in [0.1, 0.15) is 5.75 Å². The topological polar surface area (TPSA) is 58.6 Å². The predicted octanol–water partition coefficient (Wildman–Crippen LogP) is 2.58. The molecule has 0 amide bonds. The smallest absolute Gasteiger partial charge is 0.332 e. The first-order valence-corrected chi connectivity index (χ1v) is 5.44. The van der Waals surface area contributed by atoms with Crippen molar-refractivity contribution < 1.29 is 14.6 Å². The summed E-state index contributed by atoms with van der Waals surface area (Å²) < 4.78 is 4.79. The van der Waals surface area contributed by atoms with E-state index in [9.17, 15) is 9.90 Å². The third-order valence-corrected chi connectivity index (χ3v) is 2.10. The van der Waals surface area contributed by atoms with E-state index in [4.69, 9.17) is 4.74 Å². The van der Waals surface area contributed by atoms with Gasteiger partial charge in [-0.05, 0) is 38.5 Å². The number of esters is 1. The van der Waals surface area contributed by atoms with Crippen LogP contribution in [-0.2, 0) is 9.53 Å². The maximum Gasteiger partial charge on any atom is 0.332 e. The van der Waals surface area contributed by atoms with E-state index in [1.165, 1.54) is 6.08 Å². The lowest BCUT2D eigenvalue weighted by Gasteiger charge is -2.09. The van der Waals surface area contributed by atoms with Crippen LogP contribution in [0.4, 0.5) is 5.69 Å². The molecule has 1 rings (SSSR count). The maximum absolute atomic E-state index is 11.2. The molecular formula is C13H17NO3. The van der Waals surface area contributed by atoms with Crippen LogP contribution >= 0.6 is 0 Å². The van der Waals surface area contributed by atoms with Crippen molar-refractivity contribution in [3.8, 4) is 5.75 Å². The average molecular weight is 235 g/mol. The predicted molar refractivity (Wildman–Crippen MR) is 66.9 cm³/mol. The number of carbonyl (C=O) groups is 1. The quantitative estimate of drug-likeness (QED) is 0.478. The number of hydrogen-bond acceptors (Lipinski definition) is 4. The lowest BCUT2D eigenvalue weighted by atomic mass is 10.2. The monoisotopic (exact) mass is 235 g/mol. The van der Waals surface area contributed by atoms with E-state index < -0.39 is 5.97 Å². The van der Waals surface area contributed by atoms with E-state index in [0.29, 0.717) is 18.0 Å². The van der Waals surface area contributed by atoms with Crippen LogP contribution in [0.2, 0.25) is 0 Å². The van der Waals surface area contributed by atoms with Crippen molar-refractivity contribution in [2.45, 2.75) is 20.8 Å². The molecule has 1 aromatic rings. The van der Waals surface area contributed by atoms with E-state index in [0.717, 1.165) is 5.56 Å². The second kappa shape index (κ2) is 5.94. The molecule has 2 N–H and O–H groups in total. The highest BCUT2D eigenvalue weighted by atomic mass is 16.5. The minimum Gasteiger partial charge on any atom is -0.506 e. The summed E-state index contributed by atoms with van der Waals surface area (Å²) in [6.45, 7) is 5.76. The Morgan fingerprint density at radius 2 is 2.24 bits per heavy atom. The van der Waals surface area contributed by atoms with Gasteiger partial charge in [0.15, 0.2) is 0 Å². The molecule has 4 heteroatoms. The highest BCUT2D eigenvalue weighted by Crippen LogP contribution is 2.25. The second-order valence-corrected chi connectivity index (χ2v) is 3.73. The summed E-state index contributed by atoms with van der Waals surface area (Å²) in [7, 11) is 0. The zero-order valence-corrected chi connectivity index (χ0v) is 10.3. The summed E-state index contributed by atoms with van der Waals surface area (Å²) in [6, 6.07) is 5.22. The van der Waals surface area contributed by atoms with Crippen molar-refractivity contribution >= 4 is 11.7 Å². The molecule has 1 aromatic carbocycles. The van der Waals surface area contributed by atoms with Gasteiger partial charge in [-0.25, -0.2) is 4.79 Å². The molecule has 4 nitrogen and oxygen atoms in total. The first kappa shape index (κ1) is 13.1. The maximum atomic E-state index is 11.2. The number of benzene rings is 1. The third kappa shape index (κ3) is 4.18. The lowest BCUT2D eigenvalue weighted by Crippen LogP contribution is -2.04. The van der Waals surface area contributed by atoms with Crippen LogP contribution in [0, 0.1) is 6.92 Å². The molecule has 0 aromatic heterocycles. The molecular weight excluding hydrogens is 218 g/mol. The molecule has 0 saturated heterocycles. The van der Waals surface area contributed by atoms with Gasteiger partial charge in [-0.3, -0.25) is 0 Å². The van der Waals surface area contributed by atoms with Gasteiger partial charge < -0.3 is 15.2 Å². The van der Waals surface area contributed by atoms with Crippen LogP contribution in [0.15, 0.2) is 30.0 Å². The lowest BCUT2D eigenvalue weighted by molar-refractivity contribution is -0.137. The molecule has 92 valence electrons. The fourth-order valence-electron chi connectivity index (χ4n) is 1.36. The normalized spacial score (nSPS) is 11.1. The van der Waals surface area contributed by atoms with E-state index in [2.05, 4.69) is 5.32 Å². The fourth-order valence-corrected chi connectivity index (χ4v) is 1.36.